The van der Waals surface area contributed by atoms with Crippen molar-refractivity contribution in [3.63, 3.8) is 0 Å². The predicted molar refractivity (Wildman–Crippen MR) is 92.7 cm³/mol. The molecule has 5 nitrogen and oxygen atoms in total. The molecule has 2 heterocycles. The number of likely N-dealkylation sites (N-methyl/N-ethyl adjacent to an activating group) is 1. The number of carbonyl (C=O) groups is 1. The van der Waals surface area contributed by atoms with Gasteiger partial charge in [0.2, 0.25) is 5.91 Å². The zero-order chi connectivity index (χ0) is 16.8. The van der Waals surface area contributed by atoms with Crippen LogP contribution in [0.3, 0.4) is 0 Å². The zero-order valence-corrected chi connectivity index (χ0v) is 15.0. The van der Waals surface area contributed by atoms with Crippen molar-refractivity contribution in [2.75, 3.05) is 53.4 Å². The van der Waals surface area contributed by atoms with E-state index in [0.29, 0.717) is 18.2 Å². The molecule has 1 amide bonds. The van der Waals surface area contributed by atoms with Crippen LogP contribution in [-0.2, 0) is 4.79 Å². The molecule has 0 radical (unpaired) electrons. The molecule has 1 saturated heterocycles. The second-order valence-electron chi connectivity index (χ2n) is 6.91. The molecule has 5 heteroatoms. The van der Waals surface area contributed by atoms with Gasteiger partial charge in [-0.2, -0.15) is 0 Å². The Labute approximate surface area is 140 Å². The Hall–Kier alpha value is -1.33. The standard InChI is InChI=1S/C18H31N3O2/c1-15(17-6-5-16(2)23-17)7-9-20-10-8-18(22)21(14-12-20)13-11-19(3)4/h5-6,15H,7-14H2,1-4H3/t15-/m1/s1. The third kappa shape index (κ3) is 5.66. The van der Waals surface area contributed by atoms with E-state index >= 15 is 0 Å². The average molecular weight is 321 g/mol. The maximum atomic E-state index is 12.2. The van der Waals surface area contributed by atoms with Gasteiger partial charge in [0, 0.05) is 45.1 Å². The van der Waals surface area contributed by atoms with Crippen LogP contribution in [0.5, 0.6) is 0 Å². The van der Waals surface area contributed by atoms with Crippen LogP contribution in [0.25, 0.3) is 0 Å². The summed E-state index contributed by atoms with van der Waals surface area (Å²) in [6, 6.07) is 4.11. The Morgan fingerprint density at radius 1 is 1.22 bits per heavy atom. The molecule has 1 aliphatic heterocycles. The van der Waals surface area contributed by atoms with Crippen molar-refractivity contribution in [3.05, 3.63) is 23.7 Å². The summed E-state index contributed by atoms with van der Waals surface area (Å²) in [7, 11) is 4.10. The number of amides is 1. The summed E-state index contributed by atoms with van der Waals surface area (Å²) in [5, 5.41) is 0. The molecule has 0 bridgehead atoms. The fourth-order valence-corrected chi connectivity index (χ4v) is 2.93. The lowest BCUT2D eigenvalue weighted by Gasteiger charge is -2.24. The van der Waals surface area contributed by atoms with E-state index in [4.69, 9.17) is 4.42 Å². The highest BCUT2D eigenvalue weighted by Gasteiger charge is 2.21. The smallest absolute Gasteiger partial charge is 0.223 e. The monoisotopic (exact) mass is 321 g/mol. The van der Waals surface area contributed by atoms with Gasteiger partial charge >= 0.3 is 0 Å². The summed E-state index contributed by atoms with van der Waals surface area (Å²) in [4.78, 5) is 18.8. The number of hydrogen-bond donors (Lipinski definition) is 0. The van der Waals surface area contributed by atoms with Crippen molar-refractivity contribution in [1.29, 1.82) is 0 Å². The lowest BCUT2D eigenvalue weighted by molar-refractivity contribution is -0.130. The molecule has 0 aromatic carbocycles. The summed E-state index contributed by atoms with van der Waals surface area (Å²) in [6.07, 6.45) is 1.71. The molecule has 0 spiro atoms. The largest absolute Gasteiger partial charge is 0.466 e. The molecule has 0 aliphatic carbocycles. The molecule has 130 valence electrons. The van der Waals surface area contributed by atoms with Crippen LogP contribution in [-0.4, -0.2) is 74.0 Å². The number of hydrogen-bond acceptors (Lipinski definition) is 4. The molecule has 1 aliphatic rings. The summed E-state index contributed by atoms with van der Waals surface area (Å²) < 4.78 is 5.71. The number of nitrogens with zero attached hydrogens (tertiary/aromatic N) is 3. The third-order valence-corrected chi connectivity index (χ3v) is 4.62. The van der Waals surface area contributed by atoms with Crippen LogP contribution in [0.15, 0.2) is 16.5 Å². The zero-order valence-electron chi connectivity index (χ0n) is 15.0. The van der Waals surface area contributed by atoms with E-state index in [-0.39, 0.29) is 0 Å². The second-order valence-corrected chi connectivity index (χ2v) is 6.91. The number of carbonyl (C=O) groups excluding carboxylic acids is 1. The van der Waals surface area contributed by atoms with Crippen LogP contribution < -0.4 is 0 Å². The van der Waals surface area contributed by atoms with E-state index in [1.165, 1.54) is 0 Å². The number of rotatable bonds is 7. The topological polar surface area (TPSA) is 39.9 Å². The number of aryl methyl sites for hydroxylation is 1. The van der Waals surface area contributed by atoms with Crippen molar-refractivity contribution in [2.45, 2.75) is 32.6 Å². The molecule has 0 unspecified atom stereocenters. The maximum Gasteiger partial charge on any atom is 0.223 e. The van der Waals surface area contributed by atoms with Gasteiger partial charge in [0.25, 0.3) is 0 Å². The Kier molecular flexibility index (Phi) is 6.66. The first-order valence-corrected chi connectivity index (χ1v) is 8.67. The van der Waals surface area contributed by atoms with Gasteiger partial charge in [-0.1, -0.05) is 6.92 Å². The van der Waals surface area contributed by atoms with E-state index in [1.807, 2.05) is 32.0 Å². The number of furan rings is 1. The Morgan fingerprint density at radius 2 is 2.00 bits per heavy atom. The molecule has 1 aromatic rings. The van der Waals surface area contributed by atoms with Gasteiger partial charge < -0.3 is 19.1 Å². The minimum atomic E-state index is 0.295. The SMILES string of the molecule is Cc1ccc([C@H](C)CCN2CCC(=O)N(CCN(C)C)CC2)o1. The summed E-state index contributed by atoms with van der Waals surface area (Å²) in [5.74, 6) is 2.77. The average Bonchev–Trinajstić information content (AvgIpc) is 2.86. The van der Waals surface area contributed by atoms with E-state index in [9.17, 15) is 4.79 Å². The minimum Gasteiger partial charge on any atom is -0.466 e. The fourth-order valence-electron chi connectivity index (χ4n) is 2.93. The normalized spacial score (nSPS) is 18.5. The van der Waals surface area contributed by atoms with Gasteiger partial charge in [-0.3, -0.25) is 4.79 Å². The Bertz CT molecular complexity index is 498. The van der Waals surface area contributed by atoms with E-state index in [0.717, 1.165) is 57.2 Å². The van der Waals surface area contributed by atoms with Crippen molar-refractivity contribution >= 4 is 5.91 Å². The molecule has 2 rings (SSSR count). The van der Waals surface area contributed by atoms with Gasteiger partial charge in [-0.05, 0) is 46.1 Å². The van der Waals surface area contributed by atoms with Crippen molar-refractivity contribution in [1.82, 2.24) is 14.7 Å². The molecule has 0 N–H and O–H groups in total. The highest BCUT2D eigenvalue weighted by molar-refractivity contribution is 5.76. The lowest BCUT2D eigenvalue weighted by atomic mass is 10.0. The first kappa shape index (κ1) is 18.0. The van der Waals surface area contributed by atoms with Crippen molar-refractivity contribution < 1.29 is 9.21 Å². The van der Waals surface area contributed by atoms with Crippen LogP contribution >= 0.6 is 0 Å². The molecule has 1 aromatic heterocycles. The quantitative estimate of drug-likeness (QED) is 0.772. The summed E-state index contributed by atoms with van der Waals surface area (Å²) in [6.45, 7) is 9.69. The van der Waals surface area contributed by atoms with Crippen LogP contribution in [0.2, 0.25) is 0 Å². The van der Waals surface area contributed by atoms with Crippen molar-refractivity contribution in [2.24, 2.45) is 0 Å². The molecule has 0 saturated carbocycles. The van der Waals surface area contributed by atoms with E-state index in [1.54, 1.807) is 0 Å². The minimum absolute atomic E-state index is 0.295. The van der Waals surface area contributed by atoms with Crippen molar-refractivity contribution in [3.8, 4) is 0 Å². The molecule has 1 atom stereocenters. The van der Waals surface area contributed by atoms with Crippen LogP contribution in [0, 0.1) is 6.92 Å². The van der Waals surface area contributed by atoms with Gasteiger partial charge in [-0.15, -0.1) is 0 Å². The van der Waals surface area contributed by atoms with Gasteiger partial charge in [-0.25, -0.2) is 0 Å². The lowest BCUT2D eigenvalue weighted by Crippen LogP contribution is -2.38. The summed E-state index contributed by atoms with van der Waals surface area (Å²) >= 11 is 0. The highest BCUT2D eigenvalue weighted by atomic mass is 16.3. The predicted octanol–water partition coefficient (Wildman–Crippen LogP) is 2.18. The fraction of sp³-hybridized carbons (Fsp3) is 0.722. The summed E-state index contributed by atoms with van der Waals surface area (Å²) in [5.41, 5.74) is 0. The molecular weight excluding hydrogens is 290 g/mol. The Balaban J connectivity index is 1.77. The van der Waals surface area contributed by atoms with Gasteiger partial charge in [0.15, 0.2) is 0 Å². The Morgan fingerprint density at radius 3 is 2.65 bits per heavy atom. The van der Waals surface area contributed by atoms with Crippen LogP contribution in [0.4, 0.5) is 0 Å². The second kappa shape index (κ2) is 8.50. The molecule has 23 heavy (non-hydrogen) atoms. The van der Waals surface area contributed by atoms with E-state index < -0.39 is 0 Å². The highest BCUT2D eigenvalue weighted by Crippen LogP contribution is 2.21. The maximum absolute atomic E-state index is 12.2. The van der Waals surface area contributed by atoms with Gasteiger partial charge in [0.1, 0.15) is 11.5 Å². The van der Waals surface area contributed by atoms with Crippen LogP contribution in [0.1, 0.15) is 37.2 Å². The molecular formula is C18H31N3O2. The first-order valence-electron chi connectivity index (χ1n) is 8.67. The molecule has 1 fully saturated rings. The van der Waals surface area contributed by atoms with Gasteiger partial charge in [0.05, 0.1) is 0 Å². The first-order chi connectivity index (χ1) is 11.0. The van der Waals surface area contributed by atoms with E-state index in [2.05, 4.69) is 22.8 Å². The third-order valence-electron chi connectivity index (χ3n) is 4.62.